The zero-order valence-corrected chi connectivity index (χ0v) is 11.9. The van der Waals surface area contributed by atoms with E-state index in [1.165, 1.54) is 13.0 Å². The molecule has 1 atom stereocenters. The number of carboxylic acids is 1. The lowest BCUT2D eigenvalue weighted by Crippen LogP contribution is -2.41. The zero-order chi connectivity index (χ0) is 14.6. The van der Waals surface area contributed by atoms with Crippen molar-refractivity contribution < 1.29 is 19.5 Å². The summed E-state index contributed by atoms with van der Waals surface area (Å²) in [7, 11) is 0. The number of carboxylic acid groups (broad SMARTS) is 1. The summed E-state index contributed by atoms with van der Waals surface area (Å²) >= 11 is 1.07. The van der Waals surface area contributed by atoms with E-state index in [9.17, 15) is 14.4 Å². The van der Waals surface area contributed by atoms with E-state index >= 15 is 0 Å². The molecule has 19 heavy (non-hydrogen) atoms. The minimum absolute atomic E-state index is 0.110. The van der Waals surface area contributed by atoms with E-state index in [1.807, 2.05) is 13.8 Å². The second kappa shape index (κ2) is 6.47. The highest BCUT2D eigenvalue weighted by Crippen LogP contribution is 2.17. The molecule has 0 saturated carbocycles. The lowest BCUT2D eigenvalue weighted by Gasteiger charge is -2.15. The van der Waals surface area contributed by atoms with Gasteiger partial charge in [0.25, 0.3) is 5.91 Å². The van der Waals surface area contributed by atoms with E-state index in [1.54, 1.807) is 6.07 Å². The molecule has 104 valence electrons. The molecule has 1 aromatic heterocycles. The SMILES string of the molecule is CC(=O)c1ccc(C(=O)NC(CC(C)C)C(=O)O)s1. The number of hydrogen-bond acceptors (Lipinski definition) is 4. The third-order valence-electron chi connectivity index (χ3n) is 2.49. The van der Waals surface area contributed by atoms with Crippen LogP contribution in [0.4, 0.5) is 0 Å². The Morgan fingerprint density at radius 1 is 1.26 bits per heavy atom. The average Bonchev–Trinajstić information content (AvgIpc) is 2.76. The minimum atomic E-state index is -1.05. The molecule has 0 radical (unpaired) electrons. The molecule has 0 aliphatic carbocycles. The third kappa shape index (κ3) is 4.48. The van der Waals surface area contributed by atoms with E-state index < -0.39 is 17.9 Å². The summed E-state index contributed by atoms with van der Waals surface area (Å²) in [5.74, 6) is -1.45. The predicted molar refractivity (Wildman–Crippen MR) is 72.7 cm³/mol. The standard InChI is InChI=1S/C13H17NO4S/c1-7(2)6-9(13(17)18)14-12(16)11-5-4-10(19-11)8(3)15/h4-5,7,9H,6H2,1-3H3,(H,14,16)(H,17,18). The van der Waals surface area contributed by atoms with Crippen LogP contribution >= 0.6 is 11.3 Å². The lowest BCUT2D eigenvalue weighted by atomic mass is 10.0. The van der Waals surface area contributed by atoms with Crippen LogP contribution in [0.25, 0.3) is 0 Å². The van der Waals surface area contributed by atoms with Gasteiger partial charge in [-0.15, -0.1) is 11.3 Å². The quantitative estimate of drug-likeness (QED) is 0.784. The van der Waals surface area contributed by atoms with Crippen molar-refractivity contribution in [2.75, 3.05) is 0 Å². The van der Waals surface area contributed by atoms with Crippen molar-refractivity contribution in [3.8, 4) is 0 Å². The summed E-state index contributed by atoms with van der Waals surface area (Å²) in [5, 5.41) is 11.5. The number of ketones is 1. The summed E-state index contributed by atoms with van der Waals surface area (Å²) in [6.45, 7) is 5.20. The molecule has 0 aliphatic heterocycles. The van der Waals surface area contributed by atoms with Gasteiger partial charge in [-0.3, -0.25) is 9.59 Å². The van der Waals surface area contributed by atoms with Crippen LogP contribution in [0.2, 0.25) is 0 Å². The Labute approximate surface area is 115 Å². The Kier molecular flexibility index (Phi) is 5.23. The molecule has 0 aliphatic rings. The van der Waals surface area contributed by atoms with Gasteiger partial charge < -0.3 is 10.4 Å². The van der Waals surface area contributed by atoms with Crippen LogP contribution in [0.15, 0.2) is 12.1 Å². The molecule has 0 aromatic carbocycles. The molecular formula is C13H17NO4S. The molecular weight excluding hydrogens is 266 g/mol. The first-order valence-corrected chi connectivity index (χ1v) is 6.77. The third-order valence-corrected chi connectivity index (χ3v) is 3.67. The summed E-state index contributed by atoms with van der Waals surface area (Å²) in [4.78, 5) is 34.9. The zero-order valence-electron chi connectivity index (χ0n) is 11.1. The second-order valence-electron chi connectivity index (χ2n) is 4.71. The van der Waals surface area contributed by atoms with Gasteiger partial charge in [0.1, 0.15) is 6.04 Å². The van der Waals surface area contributed by atoms with E-state index in [2.05, 4.69) is 5.32 Å². The largest absolute Gasteiger partial charge is 0.480 e. The van der Waals surface area contributed by atoms with Gasteiger partial charge in [-0.2, -0.15) is 0 Å². The second-order valence-corrected chi connectivity index (χ2v) is 5.80. The molecule has 0 bridgehead atoms. The van der Waals surface area contributed by atoms with Gasteiger partial charge in [-0.1, -0.05) is 13.8 Å². The van der Waals surface area contributed by atoms with Crippen molar-refractivity contribution in [3.63, 3.8) is 0 Å². The van der Waals surface area contributed by atoms with Crippen LogP contribution in [0.3, 0.4) is 0 Å². The fourth-order valence-electron chi connectivity index (χ4n) is 1.57. The molecule has 6 heteroatoms. The molecule has 1 unspecified atom stereocenters. The maximum atomic E-state index is 11.9. The maximum absolute atomic E-state index is 11.9. The van der Waals surface area contributed by atoms with E-state index in [-0.39, 0.29) is 11.7 Å². The predicted octanol–water partition coefficient (Wildman–Crippen LogP) is 2.18. The van der Waals surface area contributed by atoms with E-state index in [0.29, 0.717) is 16.2 Å². The number of carbonyl (C=O) groups is 3. The van der Waals surface area contributed by atoms with Crippen LogP contribution in [0, 0.1) is 5.92 Å². The van der Waals surface area contributed by atoms with E-state index in [0.717, 1.165) is 11.3 Å². The molecule has 1 aromatic rings. The van der Waals surface area contributed by atoms with Crippen LogP contribution in [-0.4, -0.2) is 28.8 Å². The van der Waals surface area contributed by atoms with Gasteiger partial charge in [-0.05, 0) is 31.4 Å². The number of rotatable bonds is 6. The molecule has 0 saturated heterocycles. The molecule has 0 fully saturated rings. The molecule has 2 N–H and O–H groups in total. The number of carbonyl (C=O) groups excluding carboxylic acids is 2. The highest BCUT2D eigenvalue weighted by molar-refractivity contribution is 7.15. The highest BCUT2D eigenvalue weighted by Gasteiger charge is 2.22. The summed E-state index contributed by atoms with van der Waals surface area (Å²) in [6.07, 6.45) is 0.367. The van der Waals surface area contributed by atoms with Crippen LogP contribution in [-0.2, 0) is 4.79 Å². The Balaban J connectivity index is 2.75. The van der Waals surface area contributed by atoms with Gasteiger partial charge in [0.05, 0.1) is 9.75 Å². The van der Waals surface area contributed by atoms with E-state index in [4.69, 9.17) is 5.11 Å². The first kappa shape index (κ1) is 15.4. The molecule has 1 heterocycles. The summed E-state index contributed by atoms with van der Waals surface area (Å²) in [5.41, 5.74) is 0. The highest BCUT2D eigenvalue weighted by atomic mass is 32.1. The smallest absolute Gasteiger partial charge is 0.326 e. The van der Waals surface area contributed by atoms with Gasteiger partial charge in [0.15, 0.2) is 5.78 Å². The number of thiophene rings is 1. The Morgan fingerprint density at radius 3 is 2.26 bits per heavy atom. The first-order chi connectivity index (χ1) is 8.81. The van der Waals surface area contributed by atoms with Gasteiger partial charge >= 0.3 is 5.97 Å². The fourth-order valence-corrected chi connectivity index (χ4v) is 2.38. The van der Waals surface area contributed by atoms with Crippen molar-refractivity contribution >= 4 is 29.0 Å². The number of aliphatic carboxylic acids is 1. The molecule has 0 spiro atoms. The topological polar surface area (TPSA) is 83.5 Å². The Bertz CT molecular complexity index is 493. The van der Waals surface area contributed by atoms with Gasteiger partial charge in [0.2, 0.25) is 0 Å². The molecule has 1 rings (SSSR count). The van der Waals surface area contributed by atoms with Crippen molar-refractivity contribution in [1.82, 2.24) is 5.32 Å². The number of amides is 1. The average molecular weight is 283 g/mol. The first-order valence-electron chi connectivity index (χ1n) is 5.95. The summed E-state index contributed by atoms with van der Waals surface area (Å²) < 4.78 is 0. The minimum Gasteiger partial charge on any atom is -0.480 e. The Morgan fingerprint density at radius 2 is 1.84 bits per heavy atom. The fraction of sp³-hybridized carbons (Fsp3) is 0.462. The van der Waals surface area contributed by atoms with Crippen molar-refractivity contribution in [3.05, 3.63) is 21.9 Å². The van der Waals surface area contributed by atoms with Crippen LogP contribution in [0.5, 0.6) is 0 Å². The summed E-state index contributed by atoms with van der Waals surface area (Å²) in [6, 6.07) is 2.20. The monoisotopic (exact) mass is 283 g/mol. The van der Waals surface area contributed by atoms with Crippen LogP contribution < -0.4 is 5.32 Å². The Hall–Kier alpha value is -1.69. The van der Waals surface area contributed by atoms with Crippen molar-refractivity contribution in [2.45, 2.75) is 33.2 Å². The molecule has 1 amide bonds. The lowest BCUT2D eigenvalue weighted by molar-refractivity contribution is -0.139. The normalized spacial score (nSPS) is 12.2. The van der Waals surface area contributed by atoms with Crippen LogP contribution in [0.1, 0.15) is 46.5 Å². The van der Waals surface area contributed by atoms with Crippen molar-refractivity contribution in [2.24, 2.45) is 5.92 Å². The van der Waals surface area contributed by atoms with Gasteiger partial charge in [0, 0.05) is 0 Å². The number of hydrogen-bond donors (Lipinski definition) is 2. The molecule has 5 nitrogen and oxygen atoms in total. The number of Topliss-reactive ketones (excluding diaryl/α,β-unsaturated/α-hetero) is 1. The van der Waals surface area contributed by atoms with Crippen molar-refractivity contribution in [1.29, 1.82) is 0 Å². The van der Waals surface area contributed by atoms with Gasteiger partial charge in [-0.25, -0.2) is 4.79 Å². The number of nitrogens with one attached hydrogen (secondary N) is 1. The maximum Gasteiger partial charge on any atom is 0.326 e.